The van der Waals surface area contributed by atoms with Gasteiger partial charge in [-0.25, -0.2) is 4.68 Å². The van der Waals surface area contributed by atoms with E-state index < -0.39 is 0 Å². The summed E-state index contributed by atoms with van der Waals surface area (Å²) < 4.78 is 1.90. The van der Waals surface area contributed by atoms with Gasteiger partial charge in [-0.2, -0.15) is 5.10 Å². The highest BCUT2D eigenvalue weighted by Gasteiger charge is 2.25. The molecule has 0 aliphatic carbocycles. The van der Waals surface area contributed by atoms with E-state index in [1.54, 1.807) is 0 Å². The van der Waals surface area contributed by atoms with Crippen LogP contribution >= 0.6 is 0 Å². The Balaban J connectivity index is 1.66. The van der Waals surface area contributed by atoms with Gasteiger partial charge in [-0.3, -0.25) is 9.69 Å². The van der Waals surface area contributed by atoms with Gasteiger partial charge in [0.1, 0.15) is 5.78 Å². The molecule has 2 heterocycles. The lowest BCUT2D eigenvalue weighted by molar-refractivity contribution is -0.126. The predicted octanol–water partition coefficient (Wildman–Crippen LogP) is 2.67. The molecule has 0 N–H and O–H groups in total. The van der Waals surface area contributed by atoms with Crippen molar-refractivity contribution in [1.29, 1.82) is 0 Å². The maximum absolute atomic E-state index is 11.8. The van der Waals surface area contributed by atoms with Crippen molar-refractivity contribution in [2.24, 2.45) is 5.92 Å². The molecule has 4 heteroatoms. The first-order chi connectivity index (χ1) is 10.3. The molecule has 1 aromatic heterocycles. The molecule has 21 heavy (non-hydrogen) atoms. The van der Waals surface area contributed by atoms with Crippen molar-refractivity contribution in [1.82, 2.24) is 14.7 Å². The van der Waals surface area contributed by atoms with Gasteiger partial charge in [0.05, 0.1) is 11.9 Å². The van der Waals surface area contributed by atoms with Crippen LogP contribution in [-0.2, 0) is 11.3 Å². The second-order valence-electron chi connectivity index (χ2n) is 5.69. The van der Waals surface area contributed by atoms with Gasteiger partial charge in [0, 0.05) is 43.7 Å². The third-order valence-corrected chi connectivity index (χ3v) is 4.16. The second kappa shape index (κ2) is 6.22. The van der Waals surface area contributed by atoms with E-state index in [9.17, 15) is 4.79 Å². The van der Waals surface area contributed by atoms with Gasteiger partial charge in [-0.05, 0) is 18.6 Å². The minimum Gasteiger partial charge on any atom is -0.299 e. The Bertz CT molecular complexity index is 606. The smallest absolute Gasteiger partial charge is 0.138 e. The van der Waals surface area contributed by atoms with Gasteiger partial charge in [0.15, 0.2) is 0 Å². The van der Waals surface area contributed by atoms with Gasteiger partial charge < -0.3 is 0 Å². The highest BCUT2D eigenvalue weighted by Crippen LogP contribution is 2.18. The number of likely N-dealkylation sites (tertiary alicyclic amines) is 1. The van der Waals surface area contributed by atoms with E-state index >= 15 is 0 Å². The highest BCUT2D eigenvalue weighted by atomic mass is 16.1. The van der Waals surface area contributed by atoms with E-state index in [-0.39, 0.29) is 5.92 Å². The lowest BCUT2D eigenvalue weighted by atomic mass is 9.94. The van der Waals surface area contributed by atoms with Crippen LogP contribution in [0.4, 0.5) is 0 Å². The minimum atomic E-state index is 0.211. The fourth-order valence-corrected chi connectivity index (χ4v) is 2.90. The predicted molar refractivity (Wildman–Crippen MR) is 82.2 cm³/mol. The monoisotopic (exact) mass is 283 g/mol. The summed E-state index contributed by atoms with van der Waals surface area (Å²) in [7, 11) is 0. The maximum Gasteiger partial charge on any atom is 0.138 e. The maximum atomic E-state index is 11.8. The molecule has 2 aromatic rings. The standard InChI is InChI=1S/C17H21N3O/c1-2-15-13-19(9-8-17(15)21)11-14-10-18-20(12-14)16-6-4-3-5-7-16/h3-7,10,12,15H,2,8-9,11,13H2,1H3. The molecular formula is C17H21N3O. The van der Waals surface area contributed by atoms with E-state index in [0.29, 0.717) is 12.2 Å². The molecule has 1 aliphatic rings. The summed E-state index contributed by atoms with van der Waals surface area (Å²) in [6.07, 6.45) is 5.63. The van der Waals surface area contributed by atoms with Gasteiger partial charge in [0.2, 0.25) is 0 Å². The number of ketones is 1. The number of carbonyl (C=O) groups excluding carboxylic acids is 1. The van der Waals surface area contributed by atoms with Crippen molar-refractivity contribution in [2.45, 2.75) is 26.3 Å². The fraction of sp³-hybridized carbons (Fsp3) is 0.412. The van der Waals surface area contributed by atoms with Crippen LogP contribution in [0.1, 0.15) is 25.3 Å². The number of aromatic nitrogens is 2. The van der Waals surface area contributed by atoms with Crippen molar-refractivity contribution in [3.05, 3.63) is 48.3 Å². The Hall–Kier alpha value is -1.94. The van der Waals surface area contributed by atoms with Crippen LogP contribution in [0.3, 0.4) is 0 Å². The SMILES string of the molecule is CCC1CN(Cc2cnn(-c3ccccc3)c2)CCC1=O. The fourth-order valence-electron chi connectivity index (χ4n) is 2.90. The third-order valence-electron chi connectivity index (χ3n) is 4.16. The summed E-state index contributed by atoms with van der Waals surface area (Å²) in [4.78, 5) is 14.1. The summed E-state index contributed by atoms with van der Waals surface area (Å²) in [6.45, 7) is 4.72. The summed E-state index contributed by atoms with van der Waals surface area (Å²) >= 11 is 0. The molecule has 1 aromatic carbocycles. The summed E-state index contributed by atoms with van der Waals surface area (Å²) in [5, 5.41) is 4.43. The Labute approximate surface area is 125 Å². The normalized spacial score (nSPS) is 19.9. The molecule has 0 amide bonds. The minimum absolute atomic E-state index is 0.211. The number of rotatable bonds is 4. The second-order valence-corrected chi connectivity index (χ2v) is 5.69. The Morgan fingerprint density at radius 1 is 1.29 bits per heavy atom. The van der Waals surface area contributed by atoms with Gasteiger partial charge >= 0.3 is 0 Å². The highest BCUT2D eigenvalue weighted by molar-refractivity contribution is 5.82. The number of nitrogens with zero attached hydrogens (tertiary/aromatic N) is 3. The zero-order valence-electron chi connectivity index (χ0n) is 12.4. The molecule has 0 bridgehead atoms. The molecule has 0 saturated carbocycles. The van der Waals surface area contributed by atoms with Crippen LogP contribution in [0, 0.1) is 5.92 Å². The number of hydrogen-bond donors (Lipinski definition) is 0. The topological polar surface area (TPSA) is 38.1 Å². The zero-order valence-corrected chi connectivity index (χ0v) is 12.4. The summed E-state index contributed by atoms with van der Waals surface area (Å²) in [5.41, 5.74) is 2.27. The molecule has 3 rings (SSSR count). The van der Waals surface area contributed by atoms with E-state index in [1.165, 1.54) is 5.56 Å². The molecule has 110 valence electrons. The van der Waals surface area contributed by atoms with Crippen LogP contribution in [0.5, 0.6) is 0 Å². The lowest BCUT2D eigenvalue weighted by Crippen LogP contribution is -2.39. The number of hydrogen-bond acceptors (Lipinski definition) is 3. The van der Waals surface area contributed by atoms with Crippen molar-refractivity contribution >= 4 is 5.78 Å². The van der Waals surface area contributed by atoms with Gasteiger partial charge in [-0.1, -0.05) is 25.1 Å². The number of carbonyl (C=O) groups is 1. The Kier molecular flexibility index (Phi) is 4.15. The van der Waals surface area contributed by atoms with Gasteiger partial charge in [0.25, 0.3) is 0 Å². The molecule has 1 unspecified atom stereocenters. The number of para-hydroxylation sites is 1. The van der Waals surface area contributed by atoms with Crippen molar-refractivity contribution in [2.75, 3.05) is 13.1 Å². The first kappa shape index (κ1) is 14.0. The van der Waals surface area contributed by atoms with Crippen molar-refractivity contribution in [3.8, 4) is 5.69 Å². The molecule has 0 spiro atoms. The van der Waals surface area contributed by atoms with Crippen LogP contribution in [-0.4, -0.2) is 33.6 Å². The average Bonchev–Trinajstić information content (AvgIpc) is 2.98. The molecule has 0 radical (unpaired) electrons. The quantitative estimate of drug-likeness (QED) is 0.866. The van der Waals surface area contributed by atoms with Crippen LogP contribution in [0.15, 0.2) is 42.7 Å². The number of piperidine rings is 1. The average molecular weight is 283 g/mol. The largest absolute Gasteiger partial charge is 0.299 e. The third kappa shape index (κ3) is 3.22. The van der Waals surface area contributed by atoms with Gasteiger partial charge in [-0.15, -0.1) is 0 Å². The van der Waals surface area contributed by atoms with E-state index in [4.69, 9.17) is 0 Å². The lowest BCUT2D eigenvalue weighted by Gasteiger charge is -2.30. The number of Topliss-reactive ketones (excluding diaryl/α,β-unsaturated/α-hetero) is 1. The first-order valence-electron chi connectivity index (χ1n) is 7.60. The molecule has 1 fully saturated rings. The Morgan fingerprint density at radius 3 is 2.86 bits per heavy atom. The van der Waals surface area contributed by atoms with E-state index in [1.807, 2.05) is 41.2 Å². The summed E-state index contributed by atoms with van der Waals surface area (Å²) in [6, 6.07) is 10.1. The first-order valence-corrected chi connectivity index (χ1v) is 7.60. The molecule has 4 nitrogen and oxygen atoms in total. The number of benzene rings is 1. The van der Waals surface area contributed by atoms with Crippen LogP contribution < -0.4 is 0 Å². The van der Waals surface area contributed by atoms with Crippen LogP contribution in [0.25, 0.3) is 5.69 Å². The molecule has 1 saturated heterocycles. The molecule has 1 aliphatic heterocycles. The van der Waals surface area contributed by atoms with Crippen molar-refractivity contribution in [3.63, 3.8) is 0 Å². The molecular weight excluding hydrogens is 262 g/mol. The zero-order chi connectivity index (χ0) is 14.7. The van der Waals surface area contributed by atoms with Crippen molar-refractivity contribution < 1.29 is 4.79 Å². The van der Waals surface area contributed by atoms with E-state index in [2.05, 4.69) is 23.1 Å². The van der Waals surface area contributed by atoms with Crippen LogP contribution in [0.2, 0.25) is 0 Å². The Morgan fingerprint density at radius 2 is 2.10 bits per heavy atom. The summed E-state index contributed by atoms with van der Waals surface area (Å²) in [5.74, 6) is 0.636. The van der Waals surface area contributed by atoms with E-state index in [0.717, 1.165) is 31.7 Å². The molecule has 1 atom stereocenters.